The van der Waals surface area contributed by atoms with Crippen LogP contribution in [0.1, 0.15) is 91.6 Å². The summed E-state index contributed by atoms with van der Waals surface area (Å²) in [4.78, 5) is 31.7. The van der Waals surface area contributed by atoms with Gasteiger partial charge in [0, 0.05) is 45.1 Å². The van der Waals surface area contributed by atoms with E-state index in [-0.39, 0.29) is 24.1 Å². The zero-order valence-corrected chi connectivity index (χ0v) is 22.2. The highest BCUT2D eigenvalue weighted by Crippen LogP contribution is 2.14. The fourth-order valence-electron chi connectivity index (χ4n) is 3.77. The highest BCUT2D eigenvalue weighted by atomic mass is 16.5. The number of oxazole rings is 1. The van der Waals surface area contributed by atoms with Crippen molar-refractivity contribution in [2.75, 3.05) is 39.5 Å². The number of unbranched alkanes of at least 4 members (excludes halogenated alkanes) is 3. The second-order valence-electron chi connectivity index (χ2n) is 8.72. The van der Waals surface area contributed by atoms with E-state index in [1.807, 2.05) is 38.1 Å². The molecule has 0 saturated carbocycles. The number of nitrogens with one attached hydrogen (secondary N) is 1. The molecule has 2 amide bonds. The van der Waals surface area contributed by atoms with Gasteiger partial charge in [-0.1, -0.05) is 38.3 Å². The van der Waals surface area contributed by atoms with E-state index in [1.54, 1.807) is 4.90 Å². The fraction of sp³-hybridized carbons (Fsp3) is 0.607. The third-order valence-electron chi connectivity index (χ3n) is 5.79. The molecule has 200 valence electrons. The summed E-state index contributed by atoms with van der Waals surface area (Å²) in [5.74, 6) is -0.0684. The minimum Gasteiger partial charge on any atom is -0.446 e. The van der Waals surface area contributed by atoms with Crippen LogP contribution in [0.3, 0.4) is 0 Å². The molecule has 36 heavy (non-hydrogen) atoms. The summed E-state index contributed by atoms with van der Waals surface area (Å²) >= 11 is 0. The van der Waals surface area contributed by atoms with Gasteiger partial charge in [-0.3, -0.25) is 9.59 Å². The summed E-state index contributed by atoms with van der Waals surface area (Å²) in [5.41, 5.74) is 2.08. The Balaban J connectivity index is 1.98. The molecule has 0 aliphatic carbocycles. The first kappa shape index (κ1) is 29.5. The third kappa shape index (κ3) is 10.9. The molecule has 0 aliphatic heterocycles. The van der Waals surface area contributed by atoms with Gasteiger partial charge in [0.15, 0.2) is 5.69 Å². The number of carbonyl (C=O) groups is 2. The van der Waals surface area contributed by atoms with E-state index in [9.17, 15) is 9.59 Å². The lowest BCUT2D eigenvalue weighted by atomic mass is 10.0. The van der Waals surface area contributed by atoms with Gasteiger partial charge in [-0.25, -0.2) is 4.98 Å². The van der Waals surface area contributed by atoms with Gasteiger partial charge in [0.25, 0.3) is 11.8 Å². The molecule has 8 nitrogen and oxygen atoms in total. The molecule has 0 aliphatic rings. The molecule has 8 heteroatoms. The molecule has 0 fully saturated rings. The Morgan fingerprint density at radius 1 is 0.944 bits per heavy atom. The number of amides is 2. The first-order valence-corrected chi connectivity index (χ1v) is 13.3. The van der Waals surface area contributed by atoms with E-state index in [0.29, 0.717) is 57.4 Å². The van der Waals surface area contributed by atoms with Crippen LogP contribution in [0, 0.1) is 0 Å². The van der Waals surface area contributed by atoms with Crippen LogP contribution >= 0.6 is 0 Å². The molecule has 1 aromatic heterocycles. The van der Waals surface area contributed by atoms with Gasteiger partial charge in [-0.05, 0) is 57.2 Å². The van der Waals surface area contributed by atoms with Crippen molar-refractivity contribution in [2.45, 2.75) is 72.3 Å². The van der Waals surface area contributed by atoms with Gasteiger partial charge < -0.3 is 24.1 Å². The van der Waals surface area contributed by atoms with Crippen LogP contribution in [0.2, 0.25) is 0 Å². The zero-order chi connectivity index (χ0) is 26.0. The predicted octanol–water partition coefficient (Wildman–Crippen LogP) is 5.02. The number of aromatic nitrogens is 1. The van der Waals surface area contributed by atoms with Crippen molar-refractivity contribution in [1.82, 2.24) is 15.2 Å². The Hall–Kier alpha value is -2.71. The fourth-order valence-corrected chi connectivity index (χ4v) is 3.77. The van der Waals surface area contributed by atoms with E-state index >= 15 is 0 Å². The first-order chi connectivity index (χ1) is 17.6. The minimum atomic E-state index is -0.301. The van der Waals surface area contributed by atoms with Crippen LogP contribution in [0.5, 0.6) is 0 Å². The van der Waals surface area contributed by atoms with Crippen LogP contribution in [0.25, 0.3) is 0 Å². The Labute approximate surface area is 215 Å². The van der Waals surface area contributed by atoms with Crippen LogP contribution in [-0.4, -0.2) is 61.2 Å². The van der Waals surface area contributed by atoms with Crippen molar-refractivity contribution in [3.8, 4) is 0 Å². The molecule has 0 bridgehead atoms. The minimum absolute atomic E-state index is 0.0934. The molecule has 0 radical (unpaired) electrons. The summed E-state index contributed by atoms with van der Waals surface area (Å²) in [6.45, 7) is 9.73. The molecular formula is C28H43N3O5. The lowest BCUT2D eigenvalue weighted by Gasteiger charge is -2.21. The molecule has 1 N–H and O–H groups in total. The summed E-state index contributed by atoms with van der Waals surface area (Å²) in [7, 11) is 0. The highest BCUT2D eigenvalue weighted by molar-refractivity contribution is 5.94. The third-order valence-corrected chi connectivity index (χ3v) is 5.79. The highest BCUT2D eigenvalue weighted by Gasteiger charge is 2.20. The van der Waals surface area contributed by atoms with E-state index in [4.69, 9.17) is 13.9 Å². The zero-order valence-electron chi connectivity index (χ0n) is 22.2. The number of benzene rings is 1. The number of aryl methyl sites for hydroxylation is 1. The maximum absolute atomic E-state index is 13.3. The van der Waals surface area contributed by atoms with Gasteiger partial charge in [-0.2, -0.15) is 0 Å². The molecule has 2 aromatic rings. The van der Waals surface area contributed by atoms with E-state index < -0.39 is 0 Å². The molecule has 1 aromatic carbocycles. The average molecular weight is 502 g/mol. The largest absolute Gasteiger partial charge is 0.446 e. The lowest BCUT2D eigenvalue weighted by molar-refractivity contribution is 0.0695. The lowest BCUT2D eigenvalue weighted by Crippen LogP contribution is -2.32. The molecule has 0 atom stereocenters. The van der Waals surface area contributed by atoms with E-state index in [0.717, 1.165) is 19.3 Å². The monoisotopic (exact) mass is 501 g/mol. The van der Waals surface area contributed by atoms with Crippen LogP contribution < -0.4 is 5.32 Å². The Bertz CT molecular complexity index is 882. The molecule has 0 unspecified atom stereocenters. The molecule has 1 heterocycles. The Kier molecular flexibility index (Phi) is 14.5. The van der Waals surface area contributed by atoms with Gasteiger partial charge in [-0.15, -0.1) is 0 Å². The van der Waals surface area contributed by atoms with Crippen molar-refractivity contribution in [2.24, 2.45) is 0 Å². The number of carbonyl (C=O) groups excluding carboxylic acids is 2. The van der Waals surface area contributed by atoms with Crippen LogP contribution in [0.15, 0.2) is 34.9 Å². The van der Waals surface area contributed by atoms with Gasteiger partial charge in [0.05, 0.1) is 6.54 Å². The van der Waals surface area contributed by atoms with Crippen molar-refractivity contribution < 1.29 is 23.5 Å². The number of ether oxygens (including phenoxy) is 2. The molecule has 0 saturated heterocycles. The molecular weight excluding hydrogens is 458 g/mol. The SMILES string of the molecule is CCCCCCc1ccc(C(=O)N(CCCOCC)Cc2nc(C(=O)NCCCOCC)co2)cc1. The number of hydrogen-bond acceptors (Lipinski definition) is 6. The van der Waals surface area contributed by atoms with Crippen LogP contribution in [0.4, 0.5) is 0 Å². The van der Waals surface area contributed by atoms with Crippen molar-refractivity contribution >= 4 is 11.8 Å². The smallest absolute Gasteiger partial charge is 0.273 e. The maximum atomic E-state index is 13.3. The van der Waals surface area contributed by atoms with Gasteiger partial charge in [0.2, 0.25) is 5.89 Å². The standard InChI is InChI=1S/C28H43N3O5/c1-4-7-8-9-12-23-13-15-24(16-14-23)28(33)31(18-11-20-35-6-3)21-26-30-25(22-36-26)27(32)29-17-10-19-34-5-2/h13-16,22H,4-12,17-21H2,1-3H3,(H,29,32). The maximum Gasteiger partial charge on any atom is 0.273 e. The quantitative estimate of drug-likeness (QED) is 0.272. The normalized spacial score (nSPS) is 11.0. The van der Waals surface area contributed by atoms with Crippen molar-refractivity contribution in [3.05, 3.63) is 53.2 Å². The number of hydrogen-bond donors (Lipinski definition) is 1. The number of rotatable bonds is 19. The second-order valence-corrected chi connectivity index (χ2v) is 8.72. The summed E-state index contributed by atoms with van der Waals surface area (Å²) < 4.78 is 16.3. The molecule has 0 spiro atoms. The first-order valence-electron chi connectivity index (χ1n) is 13.3. The van der Waals surface area contributed by atoms with Gasteiger partial charge >= 0.3 is 0 Å². The summed E-state index contributed by atoms with van der Waals surface area (Å²) in [6, 6.07) is 7.86. The van der Waals surface area contributed by atoms with Crippen LogP contribution in [-0.2, 0) is 22.4 Å². The predicted molar refractivity (Wildman–Crippen MR) is 140 cm³/mol. The second kappa shape index (κ2) is 17.7. The molecule has 2 rings (SSSR count). The van der Waals surface area contributed by atoms with Crippen molar-refractivity contribution in [1.29, 1.82) is 0 Å². The van der Waals surface area contributed by atoms with E-state index in [2.05, 4.69) is 17.2 Å². The Morgan fingerprint density at radius 2 is 1.67 bits per heavy atom. The Morgan fingerprint density at radius 3 is 2.36 bits per heavy atom. The average Bonchev–Trinajstić information content (AvgIpc) is 3.37. The summed E-state index contributed by atoms with van der Waals surface area (Å²) in [5, 5.41) is 2.81. The topological polar surface area (TPSA) is 93.9 Å². The van der Waals surface area contributed by atoms with E-state index in [1.165, 1.54) is 31.1 Å². The van der Waals surface area contributed by atoms with Gasteiger partial charge in [0.1, 0.15) is 6.26 Å². The van der Waals surface area contributed by atoms with Crippen molar-refractivity contribution in [3.63, 3.8) is 0 Å². The number of nitrogens with zero attached hydrogens (tertiary/aromatic N) is 2. The summed E-state index contributed by atoms with van der Waals surface area (Å²) in [6.07, 6.45) is 8.66.